The Morgan fingerprint density at radius 3 is 2.42 bits per heavy atom. The SMILES string of the molecule is CCN(CC)S(=O)(=O)c1cccc(NC(=O)COC(=O)C(C)Oc2cccc(Cl)c2)c1. The minimum atomic E-state index is -3.66. The molecule has 1 atom stereocenters. The van der Waals surface area contributed by atoms with Crippen LogP contribution >= 0.6 is 11.6 Å². The third kappa shape index (κ3) is 6.95. The van der Waals surface area contributed by atoms with Crippen LogP contribution < -0.4 is 10.1 Å². The Labute approximate surface area is 187 Å². The minimum Gasteiger partial charge on any atom is -0.479 e. The van der Waals surface area contributed by atoms with Gasteiger partial charge in [0.25, 0.3) is 5.91 Å². The molecule has 1 unspecified atom stereocenters. The van der Waals surface area contributed by atoms with E-state index in [4.69, 9.17) is 21.1 Å². The number of sulfonamides is 1. The van der Waals surface area contributed by atoms with Gasteiger partial charge in [-0.15, -0.1) is 0 Å². The van der Waals surface area contributed by atoms with Crippen molar-refractivity contribution in [3.05, 3.63) is 53.6 Å². The molecule has 1 N–H and O–H groups in total. The highest BCUT2D eigenvalue weighted by Gasteiger charge is 2.22. The Bertz CT molecular complexity index is 1020. The van der Waals surface area contributed by atoms with Crippen molar-refractivity contribution < 1.29 is 27.5 Å². The second-order valence-electron chi connectivity index (χ2n) is 6.49. The summed E-state index contributed by atoms with van der Waals surface area (Å²) in [7, 11) is -3.66. The van der Waals surface area contributed by atoms with E-state index in [2.05, 4.69) is 5.32 Å². The molecule has 8 nitrogen and oxygen atoms in total. The molecule has 10 heteroatoms. The molecule has 2 rings (SSSR count). The summed E-state index contributed by atoms with van der Waals surface area (Å²) in [5.74, 6) is -0.943. The Morgan fingerprint density at radius 2 is 1.77 bits per heavy atom. The number of carbonyl (C=O) groups excluding carboxylic acids is 2. The molecular weight excluding hydrogens is 444 g/mol. The van der Waals surface area contributed by atoms with Gasteiger partial charge in [0.2, 0.25) is 10.0 Å². The average molecular weight is 469 g/mol. The Hall–Kier alpha value is -2.62. The largest absolute Gasteiger partial charge is 0.479 e. The average Bonchev–Trinajstić information content (AvgIpc) is 2.73. The standard InChI is InChI=1S/C21H25ClN2O6S/c1-4-24(5-2)31(27,28)19-11-7-9-17(13-19)23-20(25)14-29-21(26)15(3)30-18-10-6-8-16(22)12-18/h6-13,15H,4-5,14H2,1-3H3,(H,23,25). The zero-order valence-corrected chi connectivity index (χ0v) is 19.1. The van der Waals surface area contributed by atoms with Crippen LogP contribution in [0.25, 0.3) is 0 Å². The maximum atomic E-state index is 12.6. The first kappa shape index (κ1) is 24.6. The molecule has 1 amide bonds. The zero-order valence-electron chi connectivity index (χ0n) is 17.5. The van der Waals surface area contributed by atoms with Crippen LogP contribution in [0.4, 0.5) is 5.69 Å². The van der Waals surface area contributed by atoms with E-state index in [9.17, 15) is 18.0 Å². The normalized spacial score (nSPS) is 12.3. The van der Waals surface area contributed by atoms with E-state index in [-0.39, 0.29) is 10.6 Å². The molecule has 0 saturated heterocycles. The number of nitrogens with one attached hydrogen (secondary N) is 1. The second-order valence-corrected chi connectivity index (χ2v) is 8.86. The van der Waals surface area contributed by atoms with Gasteiger partial charge >= 0.3 is 5.97 Å². The van der Waals surface area contributed by atoms with Crippen LogP contribution in [0.3, 0.4) is 0 Å². The van der Waals surface area contributed by atoms with E-state index in [1.54, 1.807) is 44.2 Å². The predicted molar refractivity (Wildman–Crippen MR) is 118 cm³/mol. The van der Waals surface area contributed by atoms with Crippen molar-refractivity contribution in [2.45, 2.75) is 31.8 Å². The van der Waals surface area contributed by atoms with Gasteiger partial charge in [0.1, 0.15) is 5.75 Å². The first-order chi connectivity index (χ1) is 14.7. The number of halogens is 1. The minimum absolute atomic E-state index is 0.0644. The number of anilines is 1. The molecule has 0 spiro atoms. The maximum absolute atomic E-state index is 12.6. The quantitative estimate of drug-likeness (QED) is 0.536. The van der Waals surface area contributed by atoms with Gasteiger partial charge in [0.05, 0.1) is 4.90 Å². The van der Waals surface area contributed by atoms with Crippen molar-refractivity contribution >= 4 is 39.2 Å². The smallest absolute Gasteiger partial charge is 0.347 e. The van der Waals surface area contributed by atoms with Gasteiger partial charge in [-0.05, 0) is 43.3 Å². The fraction of sp³-hybridized carbons (Fsp3) is 0.333. The lowest BCUT2D eigenvalue weighted by Crippen LogP contribution is -2.31. The molecule has 0 saturated carbocycles. The highest BCUT2D eigenvalue weighted by molar-refractivity contribution is 7.89. The number of hydrogen-bond donors (Lipinski definition) is 1. The summed E-state index contributed by atoms with van der Waals surface area (Å²) >= 11 is 5.87. The summed E-state index contributed by atoms with van der Waals surface area (Å²) in [6, 6.07) is 12.4. The van der Waals surface area contributed by atoms with E-state index in [1.807, 2.05) is 0 Å². The first-order valence-corrected chi connectivity index (χ1v) is 11.5. The fourth-order valence-electron chi connectivity index (χ4n) is 2.69. The molecule has 0 bridgehead atoms. The summed E-state index contributed by atoms with van der Waals surface area (Å²) in [6.07, 6.45) is -0.950. The molecule has 0 fully saturated rings. The topological polar surface area (TPSA) is 102 Å². The number of rotatable bonds is 10. The van der Waals surface area contributed by atoms with Gasteiger partial charge in [0.15, 0.2) is 12.7 Å². The van der Waals surface area contributed by atoms with Crippen LogP contribution in [0.15, 0.2) is 53.4 Å². The van der Waals surface area contributed by atoms with Crippen molar-refractivity contribution in [3.63, 3.8) is 0 Å². The zero-order chi connectivity index (χ0) is 23.0. The number of nitrogens with zero attached hydrogens (tertiary/aromatic N) is 1. The number of ether oxygens (including phenoxy) is 2. The number of esters is 1. The fourth-order valence-corrected chi connectivity index (χ4v) is 4.38. The van der Waals surface area contributed by atoms with E-state index >= 15 is 0 Å². The monoisotopic (exact) mass is 468 g/mol. The highest BCUT2D eigenvalue weighted by atomic mass is 35.5. The van der Waals surface area contributed by atoms with Crippen LogP contribution in [-0.2, 0) is 24.3 Å². The molecule has 0 radical (unpaired) electrons. The first-order valence-electron chi connectivity index (χ1n) is 9.66. The Morgan fingerprint density at radius 1 is 1.10 bits per heavy atom. The number of amides is 1. The lowest BCUT2D eigenvalue weighted by atomic mass is 10.3. The summed E-state index contributed by atoms with van der Waals surface area (Å²) in [5, 5.41) is 2.98. The third-order valence-corrected chi connectivity index (χ3v) is 6.53. The summed E-state index contributed by atoms with van der Waals surface area (Å²) in [5.41, 5.74) is 0.275. The Balaban J connectivity index is 1.93. The molecule has 0 aliphatic heterocycles. The molecule has 0 aliphatic rings. The summed E-state index contributed by atoms with van der Waals surface area (Å²) in [6.45, 7) is 5.11. The molecule has 2 aromatic carbocycles. The van der Waals surface area contributed by atoms with Gasteiger partial charge in [0, 0.05) is 23.8 Å². The second kappa shape index (κ2) is 11.1. The molecule has 0 heterocycles. The molecule has 168 valence electrons. The van der Waals surface area contributed by atoms with Gasteiger partial charge in [-0.3, -0.25) is 4.79 Å². The van der Waals surface area contributed by atoms with Gasteiger partial charge in [-0.1, -0.05) is 37.6 Å². The number of hydrogen-bond acceptors (Lipinski definition) is 6. The van der Waals surface area contributed by atoms with Gasteiger partial charge in [-0.25, -0.2) is 13.2 Å². The number of carbonyl (C=O) groups is 2. The van der Waals surface area contributed by atoms with Gasteiger partial charge in [-0.2, -0.15) is 4.31 Å². The van der Waals surface area contributed by atoms with Crippen LogP contribution in [0, 0.1) is 0 Å². The van der Waals surface area contributed by atoms with E-state index in [1.165, 1.54) is 29.4 Å². The maximum Gasteiger partial charge on any atom is 0.347 e. The Kier molecular flexibility index (Phi) is 8.85. The lowest BCUT2D eigenvalue weighted by molar-refractivity contribution is -0.153. The highest BCUT2D eigenvalue weighted by Crippen LogP contribution is 2.20. The molecule has 31 heavy (non-hydrogen) atoms. The van der Waals surface area contributed by atoms with Crippen molar-refractivity contribution in [1.82, 2.24) is 4.31 Å². The third-order valence-electron chi connectivity index (χ3n) is 4.25. The van der Waals surface area contributed by atoms with Crippen molar-refractivity contribution in [2.24, 2.45) is 0 Å². The van der Waals surface area contributed by atoms with E-state index in [0.717, 1.165) is 0 Å². The van der Waals surface area contributed by atoms with Crippen molar-refractivity contribution in [3.8, 4) is 5.75 Å². The van der Waals surface area contributed by atoms with E-state index in [0.29, 0.717) is 23.9 Å². The van der Waals surface area contributed by atoms with Crippen LogP contribution in [0.1, 0.15) is 20.8 Å². The predicted octanol–water partition coefficient (Wildman–Crippen LogP) is 3.32. The number of benzene rings is 2. The van der Waals surface area contributed by atoms with Crippen LogP contribution in [0.2, 0.25) is 5.02 Å². The van der Waals surface area contributed by atoms with Crippen LogP contribution in [-0.4, -0.2) is 50.4 Å². The summed E-state index contributed by atoms with van der Waals surface area (Å²) in [4.78, 5) is 24.3. The molecule has 2 aromatic rings. The van der Waals surface area contributed by atoms with Crippen molar-refractivity contribution in [2.75, 3.05) is 25.0 Å². The van der Waals surface area contributed by atoms with Gasteiger partial charge < -0.3 is 14.8 Å². The van der Waals surface area contributed by atoms with Crippen LogP contribution in [0.5, 0.6) is 5.75 Å². The molecule has 0 aromatic heterocycles. The molecule has 0 aliphatic carbocycles. The lowest BCUT2D eigenvalue weighted by Gasteiger charge is -2.19. The molecular formula is C21H25ClN2O6S. The van der Waals surface area contributed by atoms with E-state index < -0.39 is 34.6 Å². The summed E-state index contributed by atoms with van der Waals surface area (Å²) < 4.78 is 37.0. The van der Waals surface area contributed by atoms with Crippen molar-refractivity contribution in [1.29, 1.82) is 0 Å².